The van der Waals surface area contributed by atoms with E-state index in [0.717, 1.165) is 19.3 Å². The molecule has 0 amide bonds. The Balaban J connectivity index is 1.75. The molecule has 0 aliphatic rings. The molecule has 0 aliphatic carbocycles. The number of benzene rings is 2. The number of hydrogen-bond acceptors (Lipinski definition) is 2. The van der Waals surface area contributed by atoms with Crippen molar-refractivity contribution in [2.45, 2.75) is 19.3 Å². The highest BCUT2D eigenvalue weighted by Crippen LogP contribution is 2.17. The number of nitrogen functional groups attached to an aromatic ring is 1. The molecule has 2 aromatic rings. The molecule has 2 aromatic carbocycles. The van der Waals surface area contributed by atoms with Crippen LogP contribution in [-0.2, 0) is 6.42 Å². The molecule has 0 aromatic heterocycles. The van der Waals surface area contributed by atoms with Crippen LogP contribution in [0.15, 0.2) is 54.6 Å². The van der Waals surface area contributed by atoms with Gasteiger partial charge in [-0.05, 0) is 37.0 Å². The Morgan fingerprint density at radius 1 is 0.950 bits per heavy atom. The number of amidine groups is 1. The summed E-state index contributed by atoms with van der Waals surface area (Å²) in [5, 5.41) is 7.50. The summed E-state index contributed by atoms with van der Waals surface area (Å²) in [7, 11) is 0. The lowest BCUT2D eigenvalue weighted by Crippen LogP contribution is -2.13. The van der Waals surface area contributed by atoms with Gasteiger partial charge in [0.1, 0.15) is 11.6 Å². The summed E-state index contributed by atoms with van der Waals surface area (Å²) in [5.74, 6) is 0.740. The first kappa shape index (κ1) is 14.1. The van der Waals surface area contributed by atoms with Gasteiger partial charge in [-0.1, -0.05) is 42.5 Å². The van der Waals surface area contributed by atoms with Gasteiger partial charge in [0.25, 0.3) is 0 Å². The minimum absolute atomic E-state index is 0.0462. The van der Waals surface area contributed by atoms with E-state index in [1.807, 2.05) is 30.3 Å². The normalized spacial score (nSPS) is 10.2. The number of hydrogen-bond donors (Lipinski definition) is 2. The number of para-hydroxylation sites is 1. The molecule has 3 N–H and O–H groups in total. The second-order valence-corrected chi connectivity index (χ2v) is 4.70. The predicted molar refractivity (Wildman–Crippen MR) is 82.3 cm³/mol. The van der Waals surface area contributed by atoms with Crippen molar-refractivity contribution < 1.29 is 4.74 Å². The van der Waals surface area contributed by atoms with Crippen LogP contribution >= 0.6 is 0 Å². The molecule has 2 rings (SSSR count). The van der Waals surface area contributed by atoms with Crippen molar-refractivity contribution in [3.63, 3.8) is 0 Å². The zero-order valence-electron chi connectivity index (χ0n) is 11.5. The van der Waals surface area contributed by atoms with Gasteiger partial charge in [0, 0.05) is 0 Å². The van der Waals surface area contributed by atoms with E-state index in [1.54, 1.807) is 0 Å². The van der Waals surface area contributed by atoms with Crippen LogP contribution in [0.1, 0.15) is 24.0 Å². The second-order valence-electron chi connectivity index (χ2n) is 4.70. The molecule has 0 fully saturated rings. The average Bonchev–Trinajstić information content (AvgIpc) is 2.48. The molecule has 0 unspecified atom stereocenters. The third-order valence-electron chi connectivity index (χ3n) is 3.14. The van der Waals surface area contributed by atoms with Crippen LogP contribution in [0.3, 0.4) is 0 Å². The molecule has 3 nitrogen and oxygen atoms in total. The van der Waals surface area contributed by atoms with E-state index in [2.05, 4.69) is 24.3 Å². The van der Waals surface area contributed by atoms with E-state index < -0.39 is 0 Å². The molecular formula is C17H20N2O. The van der Waals surface area contributed by atoms with Gasteiger partial charge in [0.15, 0.2) is 0 Å². The summed E-state index contributed by atoms with van der Waals surface area (Å²) in [6.07, 6.45) is 3.14. The van der Waals surface area contributed by atoms with E-state index in [4.69, 9.17) is 15.9 Å². The summed E-state index contributed by atoms with van der Waals surface area (Å²) in [4.78, 5) is 0. The van der Waals surface area contributed by atoms with Gasteiger partial charge in [-0.25, -0.2) is 0 Å². The van der Waals surface area contributed by atoms with Crippen molar-refractivity contribution >= 4 is 5.84 Å². The molecule has 0 saturated carbocycles. The molecule has 20 heavy (non-hydrogen) atoms. The first-order valence-corrected chi connectivity index (χ1v) is 6.87. The molecule has 0 heterocycles. The molecular weight excluding hydrogens is 248 g/mol. The summed E-state index contributed by atoms with van der Waals surface area (Å²) in [5.41, 5.74) is 7.54. The number of rotatable bonds is 7. The summed E-state index contributed by atoms with van der Waals surface area (Å²) < 4.78 is 5.72. The van der Waals surface area contributed by atoms with Crippen molar-refractivity contribution in [3.05, 3.63) is 65.7 Å². The topological polar surface area (TPSA) is 59.1 Å². The third-order valence-corrected chi connectivity index (χ3v) is 3.14. The molecule has 0 saturated heterocycles. The van der Waals surface area contributed by atoms with E-state index in [-0.39, 0.29) is 5.84 Å². The Morgan fingerprint density at radius 3 is 2.40 bits per heavy atom. The fraction of sp³-hybridized carbons (Fsp3) is 0.235. The maximum Gasteiger partial charge on any atom is 0.130 e. The van der Waals surface area contributed by atoms with Crippen molar-refractivity contribution in [1.29, 1.82) is 5.41 Å². The lowest BCUT2D eigenvalue weighted by Gasteiger charge is -2.10. The zero-order chi connectivity index (χ0) is 14.2. The Morgan fingerprint density at radius 2 is 1.65 bits per heavy atom. The monoisotopic (exact) mass is 268 g/mol. The Kier molecular flexibility index (Phi) is 5.18. The maximum absolute atomic E-state index is 7.50. The minimum atomic E-state index is 0.0462. The quantitative estimate of drug-likeness (QED) is 0.459. The van der Waals surface area contributed by atoms with Crippen LogP contribution in [0.5, 0.6) is 5.75 Å². The maximum atomic E-state index is 7.50. The van der Waals surface area contributed by atoms with Gasteiger partial charge in [-0.15, -0.1) is 0 Å². The van der Waals surface area contributed by atoms with Crippen molar-refractivity contribution in [1.82, 2.24) is 0 Å². The smallest absolute Gasteiger partial charge is 0.130 e. The van der Waals surface area contributed by atoms with Gasteiger partial charge < -0.3 is 10.5 Å². The van der Waals surface area contributed by atoms with Crippen LogP contribution in [0, 0.1) is 5.41 Å². The Labute approximate surface area is 119 Å². The predicted octanol–water partition coefficient (Wildman–Crippen LogP) is 3.37. The van der Waals surface area contributed by atoms with Crippen molar-refractivity contribution in [2.24, 2.45) is 5.73 Å². The number of aryl methyl sites for hydroxylation is 1. The molecule has 0 bridgehead atoms. The van der Waals surface area contributed by atoms with Crippen LogP contribution < -0.4 is 10.5 Å². The summed E-state index contributed by atoms with van der Waals surface area (Å²) in [6.45, 7) is 0.650. The molecule has 3 heteroatoms. The molecule has 0 aliphatic heterocycles. The third kappa shape index (κ3) is 4.12. The fourth-order valence-corrected chi connectivity index (χ4v) is 2.07. The zero-order valence-corrected chi connectivity index (χ0v) is 11.5. The average molecular weight is 268 g/mol. The highest BCUT2D eigenvalue weighted by Gasteiger charge is 2.04. The summed E-state index contributed by atoms with van der Waals surface area (Å²) in [6, 6.07) is 17.9. The highest BCUT2D eigenvalue weighted by molar-refractivity contribution is 5.97. The Bertz CT molecular complexity index is 552. The van der Waals surface area contributed by atoms with Crippen LogP contribution in [0.25, 0.3) is 0 Å². The van der Waals surface area contributed by atoms with Gasteiger partial charge in [-0.3, -0.25) is 5.41 Å². The molecule has 0 atom stereocenters. The number of ether oxygens (including phenoxy) is 1. The van der Waals surface area contributed by atoms with Crippen LogP contribution in [-0.4, -0.2) is 12.4 Å². The lowest BCUT2D eigenvalue weighted by molar-refractivity contribution is 0.306. The number of nitrogens with two attached hydrogens (primary N) is 1. The van der Waals surface area contributed by atoms with Gasteiger partial charge in [-0.2, -0.15) is 0 Å². The van der Waals surface area contributed by atoms with Crippen molar-refractivity contribution in [2.75, 3.05) is 6.61 Å². The van der Waals surface area contributed by atoms with Gasteiger partial charge in [0.05, 0.1) is 12.2 Å². The largest absolute Gasteiger partial charge is 0.493 e. The van der Waals surface area contributed by atoms with E-state index in [0.29, 0.717) is 17.9 Å². The minimum Gasteiger partial charge on any atom is -0.493 e. The van der Waals surface area contributed by atoms with Crippen LogP contribution in [0.2, 0.25) is 0 Å². The standard InChI is InChI=1S/C17H20N2O/c18-17(19)15-11-4-5-12-16(15)20-13-7-6-10-14-8-2-1-3-9-14/h1-5,8-9,11-12H,6-7,10,13H2,(H3,18,19). The first-order chi connectivity index (χ1) is 9.77. The van der Waals surface area contributed by atoms with Crippen LogP contribution in [0.4, 0.5) is 0 Å². The van der Waals surface area contributed by atoms with E-state index in [9.17, 15) is 0 Å². The number of unbranched alkanes of at least 4 members (excludes halogenated alkanes) is 1. The Hall–Kier alpha value is -2.29. The van der Waals surface area contributed by atoms with Gasteiger partial charge in [0.2, 0.25) is 0 Å². The van der Waals surface area contributed by atoms with E-state index >= 15 is 0 Å². The van der Waals surface area contributed by atoms with Gasteiger partial charge >= 0.3 is 0 Å². The molecule has 0 radical (unpaired) electrons. The number of nitrogens with one attached hydrogen (secondary N) is 1. The second kappa shape index (κ2) is 7.34. The fourth-order valence-electron chi connectivity index (χ4n) is 2.07. The van der Waals surface area contributed by atoms with Crippen molar-refractivity contribution in [3.8, 4) is 5.75 Å². The first-order valence-electron chi connectivity index (χ1n) is 6.87. The van der Waals surface area contributed by atoms with E-state index in [1.165, 1.54) is 5.56 Å². The highest BCUT2D eigenvalue weighted by atomic mass is 16.5. The summed E-state index contributed by atoms with van der Waals surface area (Å²) >= 11 is 0. The molecule has 0 spiro atoms. The molecule has 104 valence electrons. The lowest BCUT2D eigenvalue weighted by atomic mass is 10.1. The SMILES string of the molecule is N=C(N)c1ccccc1OCCCCc1ccccc1.